The minimum absolute atomic E-state index is 0.00787. The fraction of sp³-hybridized carbons (Fsp3) is 0.700. The van der Waals surface area contributed by atoms with Gasteiger partial charge in [-0.1, -0.05) is 11.8 Å². The van der Waals surface area contributed by atoms with E-state index < -0.39 is 0 Å². The minimum Gasteiger partial charge on any atom is -0.376 e. The topological polar surface area (TPSA) is 69.0 Å². The van der Waals surface area contributed by atoms with Crippen molar-refractivity contribution in [3.63, 3.8) is 0 Å². The molecule has 94 valence electrons. The van der Waals surface area contributed by atoms with Crippen LogP contribution in [0, 0.1) is 0 Å². The molecule has 1 aromatic rings. The molecule has 7 heteroatoms. The molecule has 0 bridgehead atoms. The van der Waals surface area contributed by atoms with Crippen molar-refractivity contribution in [2.24, 2.45) is 7.05 Å². The number of rotatable bonds is 5. The van der Waals surface area contributed by atoms with Crippen LogP contribution in [0.5, 0.6) is 0 Å². The molecule has 0 unspecified atom stereocenters. The van der Waals surface area contributed by atoms with Crippen LogP contribution in [-0.2, 0) is 16.6 Å². The second-order valence-electron chi connectivity index (χ2n) is 3.95. The van der Waals surface area contributed by atoms with Crippen molar-refractivity contribution >= 4 is 17.7 Å². The Morgan fingerprint density at radius 1 is 1.76 bits per heavy atom. The van der Waals surface area contributed by atoms with Gasteiger partial charge < -0.3 is 14.6 Å². The van der Waals surface area contributed by atoms with Crippen molar-refractivity contribution in [2.75, 3.05) is 18.9 Å². The zero-order chi connectivity index (χ0) is 12.1. The van der Waals surface area contributed by atoms with Crippen LogP contribution in [0.15, 0.2) is 11.5 Å². The lowest BCUT2D eigenvalue weighted by atomic mass is 10.2. The summed E-state index contributed by atoms with van der Waals surface area (Å²) in [5.41, 5.74) is 0. The van der Waals surface area contributed by atoms with Gasteiger partial charge in [-0.05, 0) is 12.8 Å². The van der Waals surface area contributed by atoms with E-state index in [0.717, 1.165) is 24.6 Å². The summed E-state index contributed by atoms with van der Waals surface area (Å²) in [7, 11) is 1.85. The fourth-order valence-electron chi connectivity index (χ4n) is 1.62. The number of thioether (sulfide) groups is 1. The standard InChI is InChI=1S/C10H16N4O2S/c1-14-7-12-13-10(14)17-6-9(15)11-5-8-3-2-4-16-8/h7-8H,2-6H2,1H3,(H,11,15)/t8-/m1/s1. The number of hydrogen-bond acceptors (Lipinski definition) is 5. The van der Waals surface area contributed by atoms with Gasteiger partial charge in [0, 0.05) is 20.2 Å². The molecule has 0 aliphatic carbocycles. The average molecular weight is 256 g/mol. The first-order valence-corrected chi connectivity index (χ1v) is 6.59. The molecule has 6 nitrogen and oxygen atoms in total. The van der Waals surface area contributed by atoms with Crippen molar-refractivity contribution in [3.05, 3.63) is 6.33 Å². The molecular formula is C10H16N4O2S. The van der Waals surface area contributed by atoms with Crippen LogP contribution < -0.4 is 5.32 Å². The van der Waals surface area contributed by atoms with Crippen LogP contribution in [0.3, 0.4) is 0 Å². The first-order valence-electron chi connectivity index (χ1n) is 5.61. The van der Waals surface area contributed by atoms with Crippen LogP contribution in [0.2, 0.25) is 0 Å². The maximum atomic E-state index is 11.6. The Morgan fingerprint density at radius 3 is 3.29 bits per heavy atom. The second kappa shape index (κ2) is 6.02. The molecule has 0 radical (unpaired) electrons. The third-order valence-corrected chi connectivity index (χ3v) is 3.59. The highest BCUT2D eigenvalue weighted by Crippen LogP contribution is 2.13. The van der Waals surface area contributed by atoms with Crippen molar-refractivity contribution < 1.29 is 9.53 Å². The van der Waals surface area contributed by atoms with Gasteiger partial charge in [-0.15, -0.1) is 10.2 Å². The molecule has 2 heterocycles. The molecule has 1 amide bonds. The molecule has 0 aromatic carbocycles. The summed E-state index contributed by atoms with van der Waals surface area (Å²) >= 11 is 1.38. The molecule has 0 saturated carbocycles. The van der Waals surface area contributed by atoms with Crippen LogP contribution in [-0.4, -0.2) is 45.7 Å². The number of aromatic nitrogens is 3. The summed E-state index contributed by atoms with van der Waals surface area (Å²) in [6.07, 6.45) is 3.94. The summed E-state index contributed by atoms with van der Waals surface area (Å²) in [4.78, 5) is 11.6. The molecule has 1 aliphatic rings. The zero-order valence-corrected chi connectivity index (χ0v) is 10.6. The highest BCUT2D eigenvalue weighted by Gasteiger charge is 2.16. The van der Waals surface area contributed by atoms with Gasteiger partial charge in [0.25, 0.3) is 0 Å². The van der Waals surface area contributed by atoms with E-state index in [0.29, 0.717) is 12.3 Å². The number of carbonyl (C=O) groups excluding carboxylic acids is 1. The van der Waals surface area contributed by atoms with Crippen LogP contribution in [0.1, 0.15) is 12.8 Å². The predicted molar refractivity (Wildman–Crippen MR) is 63.7 cm³/mol. The smallest absolute Gasteiger partial charge is 0.230 e. The van der Waals surface area contributed by atoms with Crippen LogP contribution >= 0.6 is 11.8 Å². The third-order valence-electron chi connectivity index (χ3n) is 2.55. The number of nitrogens with one attached hydrogen (secondary N) is 1. The number of nitrogens with zero attached hydrogens (tertiary/aromatic N) is 3. The van der Waals surface area contributed by atoms with Crippen molar-refractivity contribution in [2.45, 2.75) is 24.1 Å². The summed E-state index contributed by atoms with van der Waals surface area (Å²) in [5.74, 6) is 0.368. The summed E-state index contributed by atoms with van der Waals surface area (Å²) in [5, 5.41) is 11.3. The Bertz CT molecular complexity index is 376. The number of amides is 1. The molecule has 1 aliphatic heterocycles. The lowest BCUT2D eigenvalue weighted by molar-refractivity contribution is -0.119. The molecule has 0 spiro atoms. The van der Waals surface area contributed by atoms with Gasteiger partial charge in [0.1, 0.15) is 6.33 Å². The van der Waals surface area contributed by atoms with E-state index in [4.69, 9.17) is 4.74 Å². The van der Waals surface area contributed by atoms with Crippen LogP contribution in [0.4, 0.5) is 0 Å². The largest absolute Gasteiger partial charge is 0.376 e. The van der Waals surface area contributed by atoms with E-state index in [1.54, 1.807) is 10.9 Å². The Kier molecular flexibility index (Phi) is 4.38. The van der Waals surface area contributed by atoms with Crippen molar-refractivity contribution in [3.8, 4) is 0 Å². The Hall–Kier alpha value is -1.08. The van der Waals surface area contributed by atoms with E-state index in [-0.39, 0.29) is 12.0 Å². The van der Waals surface area contributed by atoms with Crippen LogP contribution in [0.25, 0.3) is 0 Å². The minimum atomic E-state index is 0.00787. The normalized spacial score (nSPS) is 19.5. The molecule has 1 aromatic heterocycles. The second-order valence-corrected chi connectivity index (χ2v) is 4.89. The highest BCUT2D eigenvalue weighted by molar-refractivity contribution is 7.99. The quantitative estimate of drug-likeness (QED) is 0.762. The summed E-state index contributed by atoms with van der Waals surface area (Å²) < 4.78 is 7.21. The van der Waals surface area contributed by atoms with Gasteiger partial charge in [-0.3, -0.25) is 4.79 Å². The van der Waals surface area contributed by atoms with Gasteiger partial charge >= 0.3 is 0 Å². The van der Waals surface area contributed by atoms with Gasteiger partial charge in [0.15, 0.2) is 5.16 Å². The molecule has 1 atom stereocenters. The Labute approximate surface area is 104 Å². The number of ether oxygens (including phenoxy) is 1. The first kappa shape index (κ1) is 12.4. The number of hydrogen-bond donors (Lipinski definition) is 1. The fourth-order valence-corrected chi connectivity index (χ4v) is 2.34. The van der Waals surface area contributed by atoms with E-state index in [9.17, 15) is 4.79 Å². The molecular weight excluding hydrogens is 240 g/mol. The van der Waals surface area contributed by atoms with Gasteiger partial charge in [0.05, 0.1) is 11.9 Å². The predicted octanol–water partition coefficient (Wildman–Crippen LogP) is 0.202. The van der Waals surface area contributed by atoms with Gasteiger partial charge in [0.2, 0.25) is 5.91 Å². The molecule has 1 fully saturated rings. The molecule has 1 saturated heterocycles. The number of aryl methyl sites for hydroxylation is 1. The Balaban J connectivity index is 1.65. The SMILES string of the molecule is Cn1cnnc1SCC(=O)NC[C@H]1CCCO1. The summed E-state index contributed by atoms with van der Waals surface area (Å²) in [6, 6.07) is 0. The highest BCUT2D eigenvalue weighted by atomic mass is 32.2. The monoisotopic (exact) mass is 256 g/mol. The lowest BCUT2D eigenvalue weighted by Crippen LogP contribution is -2.32. The molecule has 17 heavy (non-hydrogen) atoms. The van der Waals surface area contributed by atoms with Gasteiger partial charge in [-0.2, -0.15) is 0 Å². The first-order chi connectivity index (χ1) is 8.25. The van der Waals surface area contributed by atoms with E-state index in [2.05, 4.69) is 15.5 Å². The van der Waals surface area contributed by atoms with Gasteiger partial charge in [-0.25, -0.2) is 0 Å². The lowest BCUT2D eigenvalue weighted by Gasteiger charge is -2.10. The maximum absolute atomic E-state index is 11.6. The third kappa shape index (κ3) is 3.71. The van der Waals surface area contributed by atoms with Crippen molar-refractivity contribution in [1.82, 2.24) is 20.1 Å². The average Bonchev–Trinajstić information content (AvgIpc) is 2.95. The van der Waals surface area contributed by atoms with E-state index in [1.807, 2.05) is 7.05 Å². The summed E-state index contributed by atoms with van der Waals surface area (Å²) in [6.45, 7) is 1.42. The maximum Gasteiger partial charge on any atom is 0.230 e. The Morgan fingerprint density at radius 2 is 2.65 bits per heavy atom. The van der Waals surface area contributed by atoms with Crippen molar-refractivity contribution in [1.29, 1.82) is 0 Å². The van der Waals surface area contributed by atoms with E-state index >= 15 is 0 Å². The van der Waals surface area contributed by atoms with E-state index in [1.165, 1.54) is 11.8 Å². The number of carbonyl (C=O) groups is 1. The zero-order valence-electron chi connectivity index (χ0n) is 9.76. The molecule has 2 rings (SSSR count). The molecule has 1 N–H and O–H groups in total.